The Labute approximate surface area is 109 Å². The van der Waals surface area contributed by atoms with Crippen LogP contribution in [-0.4, -0.2) is 26.1 Å². The van der Waals surface area contributed by atoms with Crippen molar-refractivity contribution in [1.29, 1.82) is 0 Å². The van der Waals surface area contributed by atoms with Gasteiger partial charge in [-0.05, 0) is 30.0 Å². The molecular weight excluding hydrogens is 228 g/mol. The van der Waals surface area contributed by atoms with E-state index >= 15 is 0 Å². The maximum Gasteiger partial charge on any atom is 0.192 e. The Balaban J connectivity index is 3.19. The second kappa shape index (κ2) is 6.01. The summed E-state index contributed by atoms with van der Waals surface area (Å²) in [5, 5.41) is 0. The van der Waals surface area contributed by atoms with Gasteiger partial charge in [0.25, 0.3) is 0 Å². The molecule has 3 nitrogen and oxygen atoms in total. The van der Waals surface area contributed by atoms with Crippen LogP contribution in [0.3, 0.4) is 0 Å². The highest BCUT2D eigenvalue weighted by molar-refractivity contribution is 5.99. The molecule has 1 aromatic carbocycles. The summed E-state index contributed by atoms with van der Waals surface area (Å²) in [6, 6.07) is 5.79. The molecule has 3 heteroatoms. The Kier molecular flexibility index (Phi) is 4.91. The first kappa shape index (κ1) is 14.7. The minimum absolute atomic E-state index is 0.00679. The molecule has 0 unspecified atom stereocenters. The monoisotopic (exact) mass is 250 g/mol. The second-order valence-electron chi connectivity index (χ2n) is 5.25. The van der Waals surface area contributed by atoms with Crippen LogP contribution in [0.2, 0.25) is 0 Å². The Bertz CT molecular complexity index is 416. The third-order valence-electron chi connectivity index (χ3n) is 2.72. The van der Waals surface area contributed by atoms with Crippen LogP contribution >= 0.6 is 0 Å². The number of methoxy groups -OCH3 is 1. The summed E-state index contributed by atoms with van der Waals surface area (Å²) in [5.74, 6) is 0.583. The zero-order chi connectivity index (χ0) is 13.8. The molecule has 0 aliphatic carbocycles. The number of benzene rings is 1. The summed E-state index contributed by atoms with van der Waals surface area (Å²) < 4.78 is 10.4. The fourth-order valence-corrected chi connectivity index (χ4v) is 1.70. The lowest BCUT2D eigenvalue weighted by molar-refractivity contribution is 0.0844. The quantitative estimate of drug-likeness (QED) is 0.753. The first-order valence-electron chi connectivity index (χ1n) is 6.19. The lowest BCUT2D eigenvalue weighted by Gasteiger charge is -2.21. The van der Waals surface area contributed by atoms with Crippen molar-refractivity contribution >= 4 is 5.78 Å². The molecule has 0 aliphatic heterocycles. The van der Waals surface area contributed by atoms with E-state index in [1.165, 1.54) is 7.11 Å². The van der Waals surface area contributed by atoms with Crippen LogP contribution in [0.25, 0.3) is 0 Å². The number of carbonyl (C=O) groups is 1. The van der Waals surface area contributed by atoms with Gasteiger partial charge < -0.3 is 9.47 Å². The lowest BCUT2D eigenvalue weighted by atomic mass is 9.85. The predicted molar refractivity (Wildman–Crippen MR) is 72.5 cm³/mol. The van der Waals surface area contributed by atoms with E-state index in [0.717, 1.165) is 5.56 Å². The average Bonchev–Trinajstić information content (AvgIpc) is 2.28. The number of hydrogen-bond donors (Lipinski definition) is 0. The third-order valence-corrected chi connectivity index (χ3v) is 2.72. The number of carbonyl (C=O) groups excluding carboxylic acids is 1. The topological polar surface area (TPSA) is 35.5 Å². The minimum Gasteiger partial charge on any atom is -0.493 e. The molecule has 100 valence electrons. The van der Waals surface area contributed by atoms with Gasteiger partial charge in [0, 0.05) is 7.11 Å². The highest BCUT2D eigenvalue weighted by atomic mass is 16.5. The molecule has 0 spiro atoms. The van der Waals surface area contributed by atoms with Crippen molar-refractivity contribution in [1.82, 2.24) is 0 Å². The molecule has 0 aromatic heterocycles. The highest BCUT2D eigenvalue weighted by Gasteiger charge is 2.19. The van der Waals surface area contributed by atoms with Gasteiger partial charge in [0.15, 0.2) is 5.78 Å². The smallest absolute Gasteiger partial charge is 0.192 e. The van der Waals surface area contributed by atoms with E-state index in [-0.39, 0.29) is 17.8 Å². The normalized spacial score (nSPS) is 11.4. The van der Waals surface area contributed by atoms with Crippen molar-refractivity contribution in [2.24, 2.45) is 0 Å². The van der Waals surface area contributed by atoms with Crippen LogP contribution in [0.4, 0.5) is 0 Å². The van der Waals surface area contributed by atoms with Crippen LogP contribution in [0.5, 0.6) is 5.75 Å². The fourth-order valence-electron chi connectivity index (χ4n) is 1.70. The fraction of sp³-hybridized carbons (Fsp3) is 0.533. The number of Topliss-reactive ketones (excluding diaryl/α,β-unsaturated/α-hetero) is 1. The molecule has 0 saturated heterocycles. The van der Waals surface area contributed by atoms with E-state index in [1.807, 2.05) is 25.1 Å². The lowest BCUT2D eigenvalue weighted by Crippen LogP contribution is -2.15. The van der Waals surface area contributed by atoms with Crippen molar-refractivity contribution in [3.05, 3.63) is 29.3 Å². The van der Waals surface area contributed by atoms with Gasteiger partial charge in [-0.15, -0.1) is 0 Å². The zero-order valence-corrected chi connectivity index (χ0v) is 11.9. The van der Waals surface area contributed by atoms with Crippen molar-refractivity contribution in [3.8, 4) is 5.75 Å². The number of ketones is 1. The number of ether oxygens (including phenoxy) is 2. The number of rotatable bonds is 5. The van der Waals surface area contributed by atoms with Crippen molar-refractivity contribution in [2.75, 3.05) is 20.3 Å². The maximum atomic E-state index is 12.0. The SMILES string of the molecule is CCOc1ccc(C(C)(C)C)cc1C(=O)COC. The molecule has 0 fully saturated rings. The predicted octanol–water partition coefficient (Wildman–Crippen LogP) is 3.21. The largest absolute Gasteiger partial charge is 0.493 e. The van der Waals surface area contributed by atoms with Crippen molar-refractivity contribution < 1.29 is 14.3 Å². The van der Waals surface area contributed by atoms with Gasteiger partial charge in [-0.3, -0.25) is 4.79 Å². The van der Waals surface area contributed by atoms with E-state index in [1.54, 1.807) is 0 Å². The van der Waals surface area contributed by atoms with Gasteiger partial charge in [0.2, 0.25) is 0 Å². The van der Waals surface area contributed by atoms with Crippen LogP contribution in [0.15, 0.2) is 18.2 Å². The summed E-state index contributed by atoms with van der Waals surface area (Å²) in [6.45, 7) is 8.88. The molecule has 0 bridgehead atoms. The Morgan fingerprint density at radius 2 is 1.94 bits per heavy atom. The zero-order valence-electron chi connectivity index (χ0n) is 11.9. The number of hydrogen-bond acceptors (Lipinski definition) is 3. The summed E-state index contributed by atoms with van der Waals surface area (Å²) in [7, 11) is 1.52. The summed E-state index contributed by atoms with van der Waals surface area (Å²) >= 11 is 0. The van der Waals surface area contributed by atoms with Gasteiger partial charge in [0.1, 0.15) is 12.4 Å². The first-order valence-corrected chi connectivity index (χ1v) is 6.19. The van der Waals surface area contributed by atoms with E-state index in [2.05, 4.69) is 20.8 Å². The first-order chi connectivity index (χ1) is 8.40. The van der Waals surface area contributed by atoms with Gasteiger partial charge in [0.05, 0.1) is 12.2 Å². The average molecular weight is 250 g/mol. The van der Waals surface area contributed by atoms with Crippen LogP contribution < -0.4 is 4.74 Å². The van der Waals surface area contributed by atoms with E-state index in [9.17, 15) is 4.79 Å². The van der Waals surface area contributed by atoms with Gasteiger partial charge in [-0.25, -0.2) is 0 Å². The molecule has 0 aliphatic rings. The van der Waals surface area contributed by atoms with Crippen LogP contribution in [-0.2, 0) is 10.2 Å². The molecule has 1 rings (SSSR count). The molecule has 18 heavy (non-hydrogen) atoms. The summed E-state index contributed by atoms with van der Waals surface area (Å²) in [4.78, 5) is 12.0. The molecule has 0 atom stereocenters. The molecule has 0 amide bonds. The second-order valence-corrected chi connectivity index (χ2v) is 5.25. The molecule has 1 aromatic rings. The van der Waals surface area contributed by atoms with Crippen LogP contribution in [0, 0.1) is 0 Å². The van der Waals surface area contributed by atoms with Crippen molar-refractivity contribution in [2.45, 2.75) is 33.1 Å². The Morgan fingerprint density at radius 1 is 1.28 bits per heavy atom. The minimum atomic E-state index is -0.0490. The Hall–Kier alpha value is -1.35. The Morgan fingerprint density at radius 3 is 2.44 bits per heavy atom. The molecule has 0 radical (unpaired) electrons. The van der Waals surface area contributed by atoms with Crippen molar-refractivity contribution in [3.63, 3.8) is 0 Å². The van der Waals surface area contributed by atoms with E-state index in [0.29, 0.717) is 17.9 Å². The molecule has 0 N–H and O–H groups in total. The summed E-state index contributed by atoms with van der Waals surface area (Å²) in [6.07, 6.45) is 0. The molecule has 0 saturated carbocycles. The highest BCUT2D eigenvalue weighted by Crippen LogP contribution is 2.28. The maximum absolute atomic E-state index is 12.0. The standard InChI is InChI=1S/C15H22O3/c1-6-18-14-8-7-11(15(2,3)4)9-12(14)13(16)10-17-5/h7-9H,6,10H2,1-5H3. The molecular formula is C15H22O3. The molecule has 0 heterocycles. The van der Waals surface area contributed by atoms with E-state index in [4.69, 9.17) is 9.47 Å². The van der Waals surface area contributed by atoms with Gasteiger partial charge in [-0.1, -0.05) is 26.8 Å². The van der Waals surface area contributed by atoms with Crippen LogP contribution in [0.1, 0.15) is 43.6 Å². The van der Waals surface area contributed by atoms with Gasteiger partial charge in [-0.2, -0.15) is 0 Å². The summed E-state index contributed by atoms with van der Waals surface area (Å²) in [5.41, 5.74) is 1.73. The van der Waals surface area contributed by atoms with Gasteiger partial charge >= 0.3 is 0 Å². The van der Waals surface area contributed by atoms with E-state index < -0.39 is 0 Å². The third kappa shape index (κ3) is 3.57.